The predicted molar refractivity (Wildman–Crippen MR) is 64.7 cm³/mol. The van der Waals surface area contributed by atoms with Gasteiger partial charge in [-0.1, -0.05) is 6.42 Å². The maximum atomic E-state index is 12.3. The first-order valence-corrected chi connectivity index (χ1v) is 6.76. The van der Waals surface area contributed by atoms with Crippen LogP contribution in [-0.2, 0) is 16.1 Å². The summed E-state index contributed by atoms with van der Waals surface area (Å²) in [5.41, 5.74) is -0.0588. The summed E-state index contributed by atoms with van der Waals surface area (Å²) in [4.78, 5) is 37.0. The summed E-state index contributed by atoms with van der Waals surface area (Å²) >= 11 is 1.51. The van der Waals surface area contributed by atoms with Crippen LogP contribution in [-0.4, -0.2) is 22.7 Å². The van der Waals surface area contributed by atoms with E-state index in [4.69, 9.17) is 0 Å². The summed E-state index contributed by atoms with van der Waals surface area (Å²) in [7, 11) is 0. The average molecular weight is 264 g/mol. The molecule has 2 heterocycles. The standard InChI is InChI=1S/C12H12N2O3S/c15-9-12(3-1-4-12)10(16)14(11(17)13-9)6-8-2-5-18-7-8/h2,5,7H,1,3-4,6H2,(H,13,15,17). The van der Waals surface area contributed by atoms with Crippen molar-refractivity contribution in [2.24, 2.45) is 5.41 Å². The lowest BCUT2D eigenvalue weighted by atomic mass is 9.66. The van der Waals surface area contributed by atoms with E-state index < -0.39 is 17.4 Å². The number of rotatable bonds is 2. The highest BCUT2D eigenvalue weighted by Crippen LogP contribution is 2.44. The quantitative estimate of drug-likeness (QED) is 0.823. The van der Waals surface area contributed by atoms with Crippen LogP contribution in [0.5, 0.6) is 0 Å². The highest BCUT2D eigenvalue weighted by Gasteiger charge is 2.57. The molecule has 1 aromatic rings. The van der Waals surface area contributed by atoms with Gasteiger partial charge in [0.15, 0.2) is 0 Å². The maximum absolute atomic E-state index is 12.3. The Labute approximate surface area is 108 Å². The molecule has 1 aliphatic heterocycles. The molecule has 6 heteroatoms. The number of hydrogen-bond acceptors (Lipinski definition) is 4. The predicted octanol–water partition coefficient (Wildman–Crippen LogP) is 1.50. The topological polar surface area (TPSA) is 66.5 Å². The second-order valence-corrected chi connectivity index (χ2v) is 5.50. The molecular formula is C12H12N2O3S. The van der Waals surface area contributed by atoms with Crippen molar-refractivity contribution in [1.82, 2.24) is 10.2 Å². The second kappa shape index (κ2) is 3.91. The van der Waals surface area contributed by atoms with Crippen molar-refractivity contribution in [2.75, 3.05) is 0 Å². The van der Waals surface area contributed by atoms with Gasteiger partial charge in [0.05, 0.1) is 6.54 Å². The summed E-state index contributed by atoms with van der Waals surface area (Å²) in [6.07, 6.45) is 1.95. The van der Waals surface area contributed by atoms with Gasteiger partial charge in [-0.05, 0) is 35.2 Å². The van der Waals surface area contributed by atoms with Crippen LogP contribution in [0.1, 0.15) is 24.8 Å². The van der Waals surface area contributed by atoms with Gasteiger partial charge in [0.2, 0.25) is 11.8 Å². The Morgan fingerprint density at radius 2 is 2.11 bits per heavy atom. The molecule has 18 heavy (non-hydrogen) atoms. The molecule has 0 aromatic carbocycles. The molecule has 2 aliphatic rings. The second-order valence-electron chi connectivity index (χ2n) is 4.72. The number of urea groups is 1. The molecule has 1 aliphatic carbocycles. The van der Waals surface area contributed by atoms with Gasteiger partial charge >= 0.3 is 6.03 Å². The lowest BCUT2D eigenvalue weighted by molar-refractivity contribution is -0.158. The third kappa shape index (κ3) is 1.49. The van der Waals surface area contributed by atoms with Crippen LogP contribution in [0.25, 0.3) is 0 Å². The van der Waals surface area contributed by atoms with E-state index in [2.05, 4.69) is 5.32 Å². The van der Waals surface area contributed by atoms with Gasteiger partial charge in [-0.25, -0.2) is 4.79 Å². The third-order valence-corrected chi connectivity index (χ3v) is 4.41. The van der Waals surface area contributed by atoms with Gasteiger partial charge in [0.1, 0.15) is 5.41 Å². The van der Waals surface area contributed by atoms with Crippen molar-refractivity contribution in [3.8, 4) is 0 Å². The highest BCUT2D eigenvalue weighted by molar-refractivity contribution is 7.07. The van der Waals surface area contributed by atoms with Gasteiger partial charge in [-0.2, -0.15) is 11.3 Å². The smallest absolute Gasteiger partial charge is 0.277 e. The molecule has 1 N–H and O–H groups in total. The highest BCUT2D eigenvalue weighted by atomic mass is 32.1. The van der Waals surface area contributed by atoms with Crippen LogP contribution in [0.4, 0.5) is 4.79 Å². The summed E-state index contributed by atoms with van der Waals surface area (Å²) in [5.74, 6) is -0.765. The Morgan fingerprint density at radius 1 is 1.33 bits per heavy atom. The minimum atomic E-state index is -0.968. The third-order valence-electron chi connectivity index (χ3n) is 3.68. The molecule has 4 amide bonds. The van der Waals surface area contributed by atoms with Crippen molar-refractivity contribution in [3.05, 3.63) is 22.4 Å². The zero-order valence-electron chi connectivity index (χ0n) is 9.64. The molecule has 1 saturated carbocycles. The van der Waals surface area contributed by atoms with E-state index in [9.17, 15) is 14.4 Å². The molecule has 3 rings (SSSR count). The number of barbiturate groups is 1. The molecule has 1 saturated heterocycles. The summed E-state index contributed by atoms with van der Waals surface area (Å²) in [5, 5.41) is 6.08. The summed E-state index contributed by atoms with van der Waals surface area (Å²) in [6, 6.07) is 1.27. The van der Waals surface area contributed by atoms with E-state index in [0.717, 1.165) is 16.9 Å². The van der Waals surface area contributed by atoms with Gasteiger partial charge < -0.3 is 0 Å². The van der Waals surface area contributed by atoms with Crippen LogP contribution in [0.15, 0.2) is 16.8 Å². The molecule has 2 fully saturated rings. The fourth-order valence-corrected chi connectivity index (χ4v) is 3.07. The van der Waals surface area contributed by atoms with Crippen molar-refractivity contribution in [2.45, 2.75) is 25.8 Å². The first-order chi connectivity index (χ1) is 8.63. The first kappa shape index (κ1) is 11.4. The molecular weight excluding hydrogens is 252 g/mol. The summed E-state index contributed by atoms with van der Waals surface area (Å²) in [6.45, 7) is 0.239. The minimum Gasteiger partial charge on any atom is -0.277 e. The van der Waals surface area contributed by atoms with E-state index in [-0.39, 0.29) is 12.5 Å². The Balaban J connectivity index is 1.87. The molecule has 1 spiro atoms. The first-order valence-electron chi connectivity index (χ1n) is 5.82. The normalized spacial score (nSPS) is 22.0. The summed E-state index contributed by atoms with van der Waals surface area (Å²) < 4.78 is 0. The SMILES string of the molecule is O=C1NC(=O)C2(CCC2)C(=O)N1Cc1ccsc1. The van der Waals surface area contributed by atoms with Gasteiger partial charge in [0.25, 0.3) is 0 Å². The zero-order chi connectivity index (χ0) is 12.8. The Morgan fingerprint density at radius 3 is 2.67 bits per heavy atom. The molecule has 0 radical (unpaired) electrons. The van der Waals surface area contributed by atoms with Crippen LogP contribution in [0, 0.1) is 5.41 Å². The van der Waals surface area contributed by atoms with E-state index in [1.807, 2.05) is 16.8 Å². The monoisotopic (exact) mass is 264 g/mol. The van der Waals surface area contributed by atoms with Gasteiger partial charge in [0, 0.05) is 0 Å². The van der Waals surface area contributed by atoms with Crippen LogP contribution in [0.2, 0.25) is 0 Å². The van der Waals surface area contributed by atoms with E-state index in [0.29, 0.717) is 12.8 Å². The number of carbonyl (C=O) groups excluding carboxylic acids is 3. The molecule has 0 atom stereocenters. The number of hydrogen-bond donors (Lipinski definition) is 1. The van der Waals surface area contributed by atoms with Crippen LogP contribution >= 0.6 is 11.3 Å². The molecule has 0 bridgehead atoms. The fraction of sp³-hybridized carbons (Fsp3) is 0.417. The van der Waals surface area contributed by atoms with Gasteiger partial charge in [-0.3, -0.25) is 19.8 Å². The Kier molecular flexibility index (Phi) is 2.48. The van der Waals surface area contributed by atoms with Crippen molar-refractivity contribution >= 4 is 29.2 Å². The number of amides is 4. The lowest BCUT2D eigenvalue weighted by Gasteiger charge is -2.44. The Hall–Kier alpha value is -1.69. The molecule has 94 valence electrons. The maximum Gasteiger partial charge on any atom is 0.331 e. The van der Waals surface area contributed by atoms with E-state index in [1.54, 1.807) is 0 Å². The minimum absolute atomic E-state index is 0.239. The Bertz CT molecular complexity index is 519. The number of nitrogens with zero attached hydrogens (tertiary/aromatic N) is 1. The largest absolute Gasteiger partial charge is 0.331 e. The number of carbonyl (C=O) groups is 3. The molecule has 0 unspecified atom stereocenters. The van der Waals surface area contributed by atoms with E-state index in [1.165, 1.54) is 11.3 Å². The van der Waals surface area contributed by atoms with Crippen molar-refractivity contribution in [3.63, 3.8) is 0 Å². The lowest BCUT2D eigenvalue weighted by Crippen LogP contribution is -2.65. The van der Waals surface area contributed by atoms with Gasteiger partial charge in [-0.15, -0.1) is 0 Å². The number of thiophene rings is 1. The van der Waals surface area contributed by atoms with Crippen molar-refractivity contribution in [1.29, 1.82) is 0 Å². The van der Waals surface area contributed by atoms with Crippen molar-refractivity contribution < 1.29 is 14.4 Å². The number of nitrogens with one attached hydrogen (secondary N) is 1. The molecule has 1 aromatic heterocycles. The van der Waals surface area contributed by atoms with Crippen LogP contribution in [0.3, 0.4) is 0 Å². The molecule has 5 nitrogen and oxygen atoms in total. The zero-order valence-corrected chi connectivity index (χ0v) is 10.5. The number of imide groups is 2. The van der Waals surface area contributed by atoms with E-state index >= 15 is 0 Å². The van der Waals surface area contributed by atoms with Crippen LogP contribution < -0.4 is 5.32 Å². The average Bonchev–Trinajstić information content (AvgIpc) is 2.74. The fourth-order valence-electron chi connectivity index (χ4n) is 2.41.